The molecule has 1 saturated carbocycles. The lowest BCUT2D eigenvalue weighted by Crippen LogP contribution is -2.43. The summed E-state index contributed by atoms with van der Waals surface area (Å²) < 4.78 is 0. The average molecular weight is 258 g/mol. The van der Waals surface area contributed by atoms with Gasteiger partial charge in [-0.05, 0) is 31.7 Å². The normalized spacial score (nSPS) is 27.1. The van der Waals surface area contributed by atoms with Crippen LogP contribution in [0.15, 0.2) is 0 Å². The van der Waals surface area contributed by atoms with Gasteiger partial charge in [-0.15, -0.1) is 11.8 Å². The maximum absolute atomic E-state index is 11.5. The van der Waals surface area contributed by atoms with Crippen molar-refractivity contribution in [3.63, 3.8) is 0 Å². The Morgan fingerprint density at radius 1 is 1.35 bits per heavy atom. The summed E-state index contributed by atoms with van der Waals surface area (Å²) in [4.78, 5) is 11.5. The Morgan fingerprint density at radius 3 is 2.65 bits per heavy atom. The van der Waals surface area contributed by atoms with Crippen LogP contribution in [0.5, 0.6) is 0 Å². The van der Waals surface area contributed by atoms with Crippen molar-refractivity contribution in [1.29, 1.82) is 0 Å². The van der Waals surface area contributed by atoms with Crippen LogP contribution in [0.25, 0.3) is 0 Å². The maximum Gasteiger partial charge on any atom is 0.229 e. The zero-order valence-electron chi connectivity index (χ0n) is 11.5. The molecule has 1 amide bonds. The third-order valence-corrected chi connectivity index (χ3v) is 4.88. The fourth-order valence-corrected chi connectivity index (χ4v) is 3.99. The van der Waals surface area contributed by atoms with E-state index in [1.807, 2.05) is 18.7 Å². The van der Waals surface area contributed by atoms with Gasteiger partial charge in [0.05, 0.1) is 5.75 Å². The van der Waals surface area contributed by atoms with Crippen LogP contribution in [-0.4, -0.2) is 36.0 Å². The molecule has 0 aromatic carbocycles. The van der Waals surface area contributed by atoms with Crippen LogP contribution in [0.2, 0.25) is 0 Å². The number of thioether (sulfide) groups is 1. The molecular weight excluding hydrogens is 232 g/mol. The number of nitrogens with one attached hydrogen (secondary N) is 2. The molecule has 2 atom stereocenters. The molecule has 0 radical (unpaired) electrons. The quantitative estimate of drug-likeness (QED) is 0.766. The number of hydrogen-bond acceptors (Lipinski definition) is 3. The van der Waals surface area contributed by atoms with Gasteiger partial charge in [-0.2, -0.15) is 0 Å². The molecule has 2 N–H and O–H groups in total. The summed E-state index contributed by atoms with van der Waals surface area (Å²) in [6.07, 6.45) is 2.46. The molecule has 1 aliphatic rings. The van der Waals surface area contributed by atoms with Gasteiger partial charge in [0.25, 0.3) is 0 Å². The molecule has 3 nitrogen and oxygen atoms in total. The second-order valence-corrected chi connectivity index (χ2v) is 6.59. The van der Waals surface area contributed by atoms with Crippen molar-refractivity contribution in [1.82, 2.24) is 10.6 Å². The van der Waals surface area contributed by atoms with E-state index in [0.29, 0.717) is 22.5 Å². The summed E-state index contributed by atoms with van der Waals surface area (Å²) in [5, 5.41) is 7.02. The second kappa shape index (κ2) is 6.64. The van der Waals surface area contributed by atoms with E-state index in [0.717, 1.165) is 13.1 Å². The Balaban J connectivity index is 2.44. The predicted octanol–water partition coefficient (Wildman–Crippen LogP) is 2.02. The molecule has 0 heterocycles. The van der Waals surface area contributed by atoms with Crippen molar-refractivity contribution < 1.29 is 4.79 Å². The minimum absolute atomic E-state index is 0.164. The molecule has 0 spiro atoms. The third-order valence-electron chi connectivity index (χ3n) is 3.51. The van der Waals surface area contributed by atoms with Crippen molar-refractivity contribution in [3.05, 3.63) is 0 Å². The average Bonchev–Trinajstić information content (AvgIpc) is 2.54. The molecule has 0 aromatic heterocycles. The van der Waals surface area contributed by atoms with Gasteiger partial charge in [0.2, 0.25) is 5.91 Å². The van der Waals surface area contributed by atoms with E-state index >= 15 is 0 Å². The number of carbonyl (C=O) groups excluding carboxylic acids is 1. The lowest BCUT2D eigenvalue weighted by molar-refractivity contribution is -0.118. The molecule has 17 heavy (non-hydrogen) atoms. The first kappa shape index (κ1) is 14.8. The summed E-state index contributed by atoms with van der Waals surface area (Å²) in [6, 6.07) is 0.534. The first-order chi connectivity index (χ1) is 8.01. The molecular formula is C13H26N2OS. The van der Waals surface area contributed by atoms with E-state index in [1.165, 1.54) is 12.8 Å². The van der Waals surface area contributed by atoms with Crippen LogP contribution in [0, 0.1) is 5.41 Å². The molecule has 1 rings (SSSR count). The minimum atomic E-state index is 0.164. The topological polar surface area (TPSA) is 41.1 Å². The van der Waals surface area contributed by atoms with E-state index < -0.39 is 0 Å². The Morgan fingerprint density at radius 2 is 2.06 bits per heavy atom. The van der Waals surface area contributed by atoms with E-state index in [-0.39, 0.29) is 5.91 Å². The van der Waals surface area contributed by atoms with Gasteiger partial charge in [-0.1, -0.05) is 20.8 Å². The highest BCUT2D eigenvalue weighted by atomic mass is 32.2. The number of hydrogen-bond donors (Lipinski definition) is 2. The highest BCUT2D eigenvalue weighted by Crippen LogP contribution is 2.42. The van der Waals surface area contributed by atoms with Gasteiger partial charge in [-0.25, -0.2) is 0 Å². The van der Waals surface area contributed by atoms with E-state index in [4.69, 9.17) is 0 Å². The van der Waals surface area contributed by atoms with Gasteiger partial charge < -0.3 is 10.6 Å². The van der Waals surface area contributed by atoms with Gasteiger partial charge in [0, 0.05) is 17.8 Å². The monoisotopic (exact) mass is 258 g/mol. The van der Waals surface area contributed by atoms with Gasteiger partial charge in [0.15, 0.2) is 0 Å². The molecule has 0 aliphatic heterocycles. The van der Waals surface area contributed by atoms with Crippen molar-refractivity contribution >= 4 is 17.7 Å². The van der Waals surface area contributed by atoms with Crippen LogP contribution in [0.1, 0.15) is 40.5 Å². The van der Waals surface area contributed by atoms with Crippen molar-refractivity contribution in [2.75, 3.05) is 18.8 Å². The first-order valence-corrected chi connectivity index (χ1v) is 7.67. The van der Waals surface area contributed by atoms with Crippen LogP contribution in [-0.2, 0) is 4.79 Å². The second-order valence-electron chi connectivity index (χ2n) is 5.37. The molecule has 0 saturated heterocycles. The Bertz CT molecular complexity index is 256. The smallest absolute Gasteiger partial charge is 0.229 e. The van der Waals surface area contributed by atoms with Crippen molar-refractivity contribution in [3.8, 4) is 0 Å². The summed E-state index contributed by atoms with van der Waals surface area (Å²) in [6.45, 7) is 10.5. The summed E-state index contributed by atoms with van der Waals surface area (Å²) in [5.41, 5.74) is 0.356. The van der Waals surface area contributed by atoms with Crippen LogP contribution in [0.3, 0.4) is 0 Å². The highest BCUT2D eigenvalue weighted by molar-refractivity contribution is 8.00. The van der Waals surface area contributed by atoms with E-state index in [2.05, 4.69) is 31.4 Å². The summed E-state index contributed by atoms with van der Waals surface area (Å²) >= 11 is 1.81. The molecule has 1 aliphatic carbocycles. The van der Waals surface area contributed by atoms with Crippen molar-refractivity contribution in [2.24, 2.45) is 5.41 Å². The molecule has 0 aromatic rings. The fourth-order valence-electron chi connectivity index (χ4n) is 2.58. The maximum atomic E-state index is 11.5. The summed E-state index contributed by atoms with van der Waals surface area (Å²) in [5.74, 6) is 0.758. The number of carbonyl (C=O) groups is 1. The van der Waals surface area contributed by atoms with Gasteiger partial charge >= 0.3 is 0 Å². The molecule has 2 unspecified atom stereocenters. The lowest BCUT2D eigenvalue weighted by atomic mass is 9.87. The number of rotatable bonds is 6. The summed E-state index contributed by atoms with van der Waals surface area (Å²) in [7, 11) is 0. The van der Waals surface area contributed by atoms with E-state index in [1.54, 1.807) is 0 Å². The van der Waals surface area contributed by atoms with Crippen LogP contribution >= 0.6 is 11.8 Å². The zero-order chi connectivity index (χ0) is 12.9. The third kappa shape index (κ3) is 4.18. The Kier molecular flexibility index (Phi) is 5.80. The predicted molar refractivity (Wildman–Crippen MR) is 75.4 cm³/mol. The Labute approximate surface area is 109 Å². The highest BCUT2D eigenvalue weighted by Gasteiger charge is 2.41. The van der Waals surface area contributed by atoms with Gasteiger partial charge in [0.1, 0.15) is 0 Å². The standard InChI is InChI=1S/C13H26N2OS/c1-5-14-11(16)9-17-10-7-8-13(3,4)12(10)15-6-2/h10,12,15H,5-9H2,1-4H3,(H,14,16). The van der Waals surface area contributed by atoms with Crippen LogP contribution in [0.4, 0.5) is 0 Å². The lowest BCUT2D eigenvalue weighted by Gasteiger charge is -2.31. The van der Waals surface area contributed by atoms with Crippen molar-refractivity contribution in [2.45, 2.75) is 51.8 Å². The fraction of sp³-hybridized carbons (Fsp3) is 0.923. The SMILES string of the molecule is CCNC(=O)CSC1CCC(C)(C)C1NCC. The largest absolute Gasteiger partial charge is 0.356 e. The molecule has 4 heteroatoms. The molecule has 0 bridgehead atoms. The number of amides is 1. The molecule has 1 fully saturated rings. The minimum Gasteiger partial charge on any atom is -0.356 e. The Hall–Kier alpha value is -0.220. The molecule has 100 valence electrons. The van der Waals surface area contributed by atoms with Gasteiger partial charge in [-0.3, -0.25) is 4.79 Å². The van der Waals surface area contributed by atoms with E-state index in [9.17, 15) is 4.79 Å². The van der Waals surface area contributed by atoms with Crippen LogP contribution < -0.4 is 10.6 Å². The first-order valence-electron chi connectivity index (χ1n) is 6.63. The zero-order valence-corrected chi connectivity index (χ0v) is 12.3.